The van der Waals surface area contributed by atoms with Crippen LogP contribution in [-0.4, -0.2) is 69.0 Å². The van der Waals surface area contributed by atoms with Crippen LogP contribution in [0.3, 0.4) is 0 Å². The normalized spacial score (nSPS) is 16.9. The summed E-state index contributed by atoms with van der Waals surface area (Å²) in [6.07, 6.45) is 3.57. The molecule has 1 aliphatic rings. The van der Waals surface area contributed by atoms with Crippen molar-refractivity contribution in [3.8, 4) is 0 Å². The lowest BCUT2D eigenvalue weighted by atomic mass is 9.95. The van der Waals surface area contributed by atoms with Crippen LogP contribution in [0.4, 0.5) is 0 Å². The first-order valence-electron chi connectivity index (χ1n) is 16.7. The number of aliphatic hydroxyl groups excluding tert-OH is 1. The molecule has 12 nitrogen and oxygen atoms in total. The highest BCUT2D eigenvalue weighted by molar-refractivity contribution is 5.92. The zero-order valence-corrected chi connectivity index (χ0v) is 28.3. The minimum absolute atomic E-state index is 0.0272. The lowest BCUT2D eigenvalue weighted by molar-refractivity contribution is -0.137. The van der Waals surface area contributed by atoms with Gasteiger partial charge in [-0.2, -0.15) is 0 Å². The molecule has 0 spiro atoms. The van der Waals surface area contributed by atoms with E-state index in [9.17, 15) is 29.1 Å². The van der Waals surface area contributed by atoms with E-state index in [1.165, 1.54) is 0 Å². The first-order valence-corrected chi connectivity index (χ1v) is 16.7. The summed E-state index contributed by atoms with van der Waals surface area (Å²) in [6.45, 7) is 11.6. The SMILES string of the molecule is CC[C@H](C)[C@H](NC(=O)CCCC(=O)O)C(=O)N[C@@H](CC1CC1)C(=O)N[C@@H](CC(C)C)[C@@H](O)CC(=O)NC(c1ccccn1)C(C)C. The number of carboxylic acids is 1. The highest BCUT2D eigenvalue weighted by Gasteiger charge is 2.36. The third-order valence-electron chi connectivity index (χ3n) is 8.41. The van der Waals surface area contributed by atoms with Crippen LogP contribution < -0.4 is 21.3 Å². The number of aliphatic hydroxyl groups is 1. The predicted molar refractivity (Wildman–Crippen MR) is 174 cm³/mol. The fourth-order valence-electron chi connectivity index (χ4n) is 5.34. The number of rotatable bonds is 21. The van der Waals surface area contributed by atoms with Crippen molar-refractivity contribution in [3.05, 3.63) is 30.1 Å². The minimum Gasteiger partial charge on any atom is -0.481 e. The quantitative estimate of drug-likeness (QED) is 0.118. The summed E-state index contributed by atoms with van der Waals surface area (Å²) < 4.78 is 0. The van der Waals surface area contributed by atoms with Crippen LogP contribution in [0.15, 0.2) is 24.4 Å². The van der Waals surface area contributed by atoms with Crippen molar-refractivity contribution in [2.45, 2.75) is 130 Å². The van der Waals surface area contributed by atoms with Gasteiger partial charge in [0.2, 0.25) is 23.6 Å². The van der Waals surface area contributed by atoms with Crippen molar-refractivity contribution in [1.82, 2.24) is 26.3 Å². The van der Waals surface area contributed by atoms with Crippen molar-refractivity contribution in [2.75, 3.05) is 0 Å². The molecule has 0 aromatic carbocycles. The summed E-state index contributed by atoms with van der Waals surface area (Å²) in [5, 5.41) is 31.5. The van der Waals surface area contributed by atoms with E-state index < -0.39 is 47.9 Å². The van der Waals surface area contributed by atoms with Gasteiger partial charge >= 0.3 is 5.97 Å². The Morgan fingerprint density at radius 3 is 2.15 bits per heavy atom. The second-order valence-corrected chi connectivity index (χ2v) is 13.5. The van der Waals surface area contributed by atoms with Crippen LogP contribution in [0.5, 0.6) is 0 Å². The van der Waals surface area contributed by atoms with E-state index in [4.69, 9.17) is 5.11 Å². The van der Waals surface area contributed by atoms with Gasteiger partial charge in [0, 0.05) is 19.0 Å². The number of nitrogens with one attached hydrogen (secondary N) is 4. The van der Waals surface area contributed by atoms with Gasteiger partial charge in [0.05, 0.1) is 30.3 Å². The molecule has 0 radical (unpaired) electrons. The molecule has 46 heavy (non-hydrogen) atoms. The van der Waals surface area contributed by atoms with Gasteiger partial charge < -0.3 is 31.5 Å². The van der Waals surface area contributed by atoms with Gasteiger partial charge in [-0.1, -0.05) is 66.9 Å². The highest BCUT2D eigenvalue weighted by atomic mass is 16.4. The van der Waals surface area contributed by atoms with E-state index in [1.54, 1.807) is 12.3 Å². The summed E-state index contributed by atoms with van der Waals surface area (Å²) in [7, 11) is 0. The topological polar surface area (TPSA) is 187 Å². The molecule has 1 heterocycles. The molecule has 1 saturated carbocycles. The van der Waals surface area contributed by atoms with E-state index in [1.807, 2.05) is 53.7 Å². The maximum atomic E-state index is 13.7. The Bertz CT molecular complexity index is 1140. The van der Waals surface area contributed by atoms with Crippen LogP contribution in [0.1, 0.15) is 111 Å². The van der Waals surface area contributed by atoms with E-state index in [2.05, 4.69) is 26.3 Å². The minimum atomic E-state index is -1.17. The summed E-state index contributed by atoms with van der Waals surface area (Å²) >= 11 is 0. The lowest BCUT2D eigenvalue weighted by Gasteiger charge is -2.30. The molecule has 0 bridgehead atoms. The maximum absolute atomic E-state index is 13.7. The fourth-order valence-corrected chi connectivity index (χ4v) is 5.34. The Morgan fingerprint density at radius 1 is 0.913 bits per heavy atom. The van der Waals surface area contributed by atoms with Crippen LogP contribution in [0.2, 0.25) is 0 Å². The first kappa shape index (κ1) is 38.6. The lowest BCUT2D eigenvalue weighted by Crippen LogP contribution is -2.57. The number of carbonyl (C=O) groups excluding carboxylic acids is 4. The standard InChI is InChI=1S/C34H55N5O7/c1-7-22(6)32(38-28(41)12-10-13-30(43)44)34(46)37-26(18-23-14-15-23)33(45)36-25(17-20(2)3)27(40)19-29(42)39-31(21(4)5)24-11-8-9-16-35-24/h8-9,11,16,20-23,25-27,31-32,40H,7,10,12-15,17-19H2,1-6H3,(H,36,45)(H,37,46)(H,38,41)(H,39,42)(H,43,44)/t22-,25-,26-,27-,31?,32-/m0/s1. The summed E-state index contributed by atoms with van der Waals surface area (Å²) in [6, 6.07) is 2.64. The van der Waals surface area contributed by atoms with Crippen LogP contribution in [0.25, 0.3) is 0 Å². The Kier molecular flexibility index (Phi) is 16.1. The molecule has 2 rings (SSSR count). The number of pyridine rings is 1. The van der Waals surface area contributed by atoms with Crippen molar-refractivity contribution < 1.29 is 34.2 Å². The molecule has 6 atom stereocenters. The molecule has 1 aromatic rings. The monoisotopic (exact) mass is 645 g/mol. The van der Waals surface area contributed by atoms with Gasteiger partial charge in [-0.15, -0.1) is 0 Å². The van der Waals surface area contributed by atoms with Gasteiger partial charge in [0.25, 0.3) is 0 Å². The van der Waals surface area contributed by atoms with Crippen LogP contribution in [-0.2, 0) is 24.0 Å². The number of aromatic nitrogens is 1. The van der Waals surface area contributed by atoms with Crippen LogP contribution >= 0.6 is 0 Å². The third-order valence-corrected chi connectivity index (χ3v) is 8.41. The molecule has 258 valence electrons. The summed E-state index contributed by atoms with van der Waals surface area (Å²) in [5.74, 6) is -2.52. The van der Waals surface area contributed by atoms with Crippen molar-refractivity contribution in [1.29, 1.82) is 0 Å². The van der Waals surface area contributed by atoms with Gasteiger partial charge in [-0.05, 0) is 55.1 Å². The van der Waals surface area contributed by atoms with Gasteiger partial charge in [0.1, 0.15) is 12.1 Å². The molecule has 4 amide bonds. The van der Waals surface area contributed by atoms with E-state index in [0.29, 0.717) is 19.3 Å². The van der Waals surface area contributed by atoms with E-state index in [-0.39, 0.29) is 61.3 Å². The number of carboxylic acid groups (broad SMARTS) is 1. The number of nitrogens with zero attached hydrogens (tertiary/aromatic N) is 1. The molecule has 0 saturated heterocycles. The number of amides is 4. The van der Waals surface area contributed by atoms with E-state index >= 15 is 0 Å². The van der Waals surface area contributed by atoms with Gasteiger partial charge in [0.15, 0.2) is 0 Å². The van der Waals surface area contributed by atoms with Crippen LogP contribution in [0, 0.1) is 23.7 Å². The maximum Gasteiger partial charge on any atom is 0.303 e. The largest absolute Gasteiger partial charge is 0.481 e. The Labute approximate surface area is 273 Å². The predicted octanol–water partition coefficient (Wildman–Crippen LogP) is 3.25. The third kappa shape index (κ3) is 13.8. The van der Waals surface area contributed by atoms with Crippen molar-refractivity contribution >= 4 is 29.6 Å². The zero-order chi connectivity index (χ0) is 34.4. The Morgan fingerprint density at radius 2 is 1.61 bits per heavy atom. The van der Waals surface area contributed by atoms with Gasteiger partial charge in [-0.3, -0.25) is 29.0 Å². The molecule has 6 N–H and O–H groups in total. The number of carbonyl (C=O) groups is 5. The summed E-state index contributed by atoms with van der Waals surface area (Å²) in [5.41, 5.74) is 0.721. The number of hydrogen-bond acceptors (Lipinski definition) is 7. The van der Waals surface area contributed by atoms with Gasteiger partial charge in [-0.25, -0.2) is 0 Å². The second-order valence-electron chi connectivity index (χ2n) is 13.5. The average molecular weight is 646 g/mol. The Hall–Kier alpha value is -3.54. The highest BCUT2D eigenvalue weighted by Crippen LogP contribution is 2.33. The molecule has 12 heteroatoms. The number of aliphatic carboxylic acids is 1. The van der Waals surface area contributed by atoms with Crippen molar-refractivity contribution in [3.63, 3.8) is 0 Å². The van der Waals surface area contributed by atoms with Crippen molar-refractivity contribution in [2.24, 2.45) is 23.7 Å². The molecule has 1 unspecified atom stereocenters. The second kappa shape index (κ2) is 19.2. The smallest absolute Gasteiger partial charge is 0.303 e. The first-order chi connectivity index (χ1) is 21.7. The fraction of sp³-hybridized carbons (Fsp3) is 0.706. The molecule has 1 aliphatic carbocycles. The summed E-state index contributed by atoms with van der Waals surface area (Å²) in [4.78, 5) is 68.0. The molecule has 0 aliphatic heterocycles. The number of hydrogen-bond donors (Lipinski definition) is 6. The Balaban J connectivity index is 2.12. The molecular formula is C34H55N5O7. The molecule has 1 aromatic heterocycles. The zero-order valence-electron chi connectivity index (χ0n) is 28.3. The average Bonchev–Trinajstić information content (AvgIpc) is 3.81. The molecular weight excluding hydrogens is 590 g/mol. The van der Waals surface area contributed by atoms with E-state index in [0.717, 1.165) is 18.5 Å². The molecule has 1 fully saturated rings.